The van der Waals surface area contributed by atoms with Crippen LogP contribution in [0.2, 0.25) is 0 Å². The maximum Gasteiger partial charge on any atom is 0.224 e. The van der Waals surface area contributed by atoms with Gasteiger partial charge in [-0.05, 0) is 12.0 Å². The van der Waals surface area contributed by atoms with Crippen molar-refractivity contribution in [3.8, 4) is 0 Å². The van der Waals surface area contributed by atoms with E-state index in [-0.39, 0.29) is 18.0 Å². The van der Waals surface area contributed by atoms with Crippen LogP contribution in [0.1, 0.15) is 12.0 Å². The van der Waals surface area contributed by atoms with E-state index in [1.807, 2.05) is 30.3 Å². The van der Waals surface area contributed by atoms with Gasteiger partial charge in [0.05, 0.1) is 6.42 Å². The van der Waals surface area contributed by atoms with Crippen molar-refractivity contribution in [2.75, 3.05) is 0 Å². The summed E-state index contributed by atoms with van der Waals surface area (Å²) in [5.41, 5.74) is 6.63. The first-order valence-corrected chi connectivity index (χ1v) is 4.84. The summed E-state index contributed by atoms with van der Waals surface area (Å²) >= 11 is 0. The fourth-order valence-electron chi connectivity index (χ4n) is 1.42. The van der Waals surface area contributed by atoms with Crippen LogP contribution in [0.4, 0.5) is 0 Å². The molecule has 0 saturated heterocycles. The van der Waals surface area contributed by atoms with E-state index >= 15 is 0 Å². The number of hydrogen-bond acceptors (Lipinski definition) is 2. The van der Waals surface area contributed by atoms with Gasteiger partial charge in [0.1, 0.15) is 0 Å². The summed E-state index contributed by atoms with van der Waals surface area (Å²) in [6.45, 7) is 0. The Hall–Kier alpha value is -1.35. The highest BCUT2D eigenvalue weighted by atomic mass is 16.1. The Morgan fingerprint density at radius 2 is 2.07 bits per heavy atom. The van der Waals surface area contributed by atoms with Crippen molar-refractivity contribution >= 4 is 5.91 Å². The van der Waals surface area contributed by atoms with Crippen LogP contribution in [0.5, 0.6) is 0 Å². The third-order valence-electron chi connectivity index (χ3n) is 2.39. The third-order valence-corrected chi connectivity index (χ3v) is 2.39. The Labute approximate surface area is 83.3 Å². The fourth-order valence-corrected chi connectivity index (χ4v) is 1.42. The molecule has 3 heteroatoms. The smallest absolute Gasteiger partial charge is 0.224 e. The van der Waals surface area contributed by atoms with Gasteiger partial charge in [0.25, 0.3) is 0 Å². The second kappa shape index (κ2) is 3.80. The standard InChI is InChI=1S/C11H14N2O/c12-9-7-10(9)13-11(14)6-8-4-2-1-3-5-8/h1-5,9-10H,6-7,12H2,(H,13,14). The zero-order valence-electron chi connectivity index (χ0n) is 7.94. The summed E-state index contributed by atoms with van der Waals surface area (Å²) in [7, 11) is 0. The van der Waals surface area contributed by atoms with E-state index in [1.165, 1.54) is 0 Å². The monoisotopic (exact) mass is 190 g/mol. The first-order valence-electron chi connectivity index (χ1n) is 4.84. The van der Waals surface area contributed by atoms with Crippen LogP contribution >= 0.6 is 0 Å². The second-order valence-electron chi connectivity index (χ2n) is 3.74. The first-order chi connectivity index (χ1) is 6.75. The molecule has 2 rings (SSSR count). The Kier molecular flexibility index (Phi) is 2.50. The third kappa shape index (κ3) is 2.33. The van der Waals surface area contributed by atoms with Gasteiger partial charge in [-0.25, -0.2) is 0 Å². The molecule has 1 aromatic rings. The zero-order valence-corrected chi connectivity index (χ0v) is 7.94. The number of nitrogens with one attached hydrogen (secondary N) is 1. The molecular formula is C11H14N2O. The predicted octanol–water partition coefficient (Wildman–Crippen LogP) is 0.445. The molecule has 0 spiro atoms. The van der Waals surface area contributed by atoms with Crippen molar-refractivity contribution in [3.05, 3.63) is 35.9 Å². The van der Waals surface area contributed by atoms with Gasteiger partial charge in [0.15, 0.2) is 0 Å². The highest BCUT2D eigenvalue weighted by molar-refractivity contribution is 5.79. The number of carbonyl (C=O) groups excluding carboxylic acids is 1. The molecule has 1 amide bonds. The summed E-state index contributed by atoms with van der Waals surface area (Å²) in [4.78, 5) is 11.4. The fraction of sp³-hybridized carbons (Fsp3) is 0.364. The Morgan fingerprint density at radius 1 is 1.43 bits per heavy atom. The molecule has 14 heavy (non-hydrogen) atoms. The molecule has 3 N–H and O–H groups in total. The van der Waals surface area contributed by atoms with Crippen LogP contribution in [0.15, 0.2) is 30.3 Å². The number of amides is 1. The van der Waals surface area contributed by atoms with Crippen molar-refractivity contribution in [2.24, 2.45) is 5.73 Å². The molecule has 74 valence electrons. The predicted molar refractivity (Wildman–Crippen MR) is 54.7 cm³/mol. The minimum Gasteiger partial charge on any atom is -0.351 e. The first kappa shape index (κ1) is 9.21. The van der Waals surface area contributed by atoms with E-state index in [0.717, 1.165) is 12.0 Å². The Morgan fingerprint density at radius 3 is 2.64 bits per heavy atom. The van der Waals surface area contributed by atoms with Crippen LogP contribution in [0.25, 0.3) is 0 Å². The largest absolute Gasteiger partial charge is 0.351 e. The molecule has 0 radical (unpaired) electrons. The summed E-state index contributed by atoms with van der Waals surface area (Å²) < 4.78 is 0. The van der Waals surface area contributed by atoms with Crippen molar-refractivity contribution in [1.29, 1.82) is 0 Å². The summed E-state index contributed by atoms with van der Waals surface area (Å²) in [6.07, 6.45) is 1.37. The lowest BCUT2D eigenvalue weighted by Gasteiger charge is -2.03. The van der Waals surface area contributed by atoms with Gasteiger partial charge in [-0.3, -0.25) is 4.79 Å². The minimum atomic E-state index is 0.0640. The van der Waals surface area contributed by atoms with Gasteiger partial charge in [-0.1, -0.05) is 30.3 Å². The number of carbonyl (C=O) groups is 1. The Balaban J connectivity index is 1.83. The topological polar surface area (TPSA) is 55.1 Å². The van der Waals surface area contributed by atoms with E-state index in [0.29, 0.717) is 6.42 Å². The maximum absolute atomic E-state index is 11.4. The van der Waals surface area contributed by atoms with Crippen LogP contribution in [-0.2, 0) is 11.2 Å². The molecule has 0 heterocycles. The number of benzene rings is 1. The highest BCUT2D eigenvalue weighted by Gasteiger charge is 2.34. The molecule has 0 aliphatic heterocycles. The van der Waals surface area contributed by atoms with Crippen molar-refractivity contribution in [2.45, 2.75) is 24.9 Å². The number of nitrogens with two attached hydrogens (primary N) is 1. The minimum absolute atomic E-state index is 0.0640. The van der Waals surface area contributed by atoms with Crippen LogP contribution < -0.4 is 11.1 Å². The second-order valence-corrected chi connectivity index (χ2v) is 3.74. The molecule has 2 unspecified atom stereocenters. The molecule has 1 aliphatic carbocycles. The number of hydrogen-bond donors (Lipinski definition) is 2. The van der Waals surface area contributed by atoms with E-state index < -0.39 is 0 Å². The lowest BCUT2D eigenvalue weighted by Crippen LogP contribution is -2.30. The zero-order chi connectivity index (χ0) is 9.97. The molecule has 1 aromatic carbocycles. The summed E-state index contributed by atoms with van der Waals surface area (Å²) in [6, 6.07) is 10.1. The summed E-state index contributed by atoms with van der Waals surface area (Å²) in [5, 5.41) is 2.89. The van der Waals surface area contributed by atoms with Gasteiger partial charge in [-0.2, -0.15) is 0 Å². The van der Waals surface area contributed by atoms with Crippen molar-refractivity contribution < 1.29 is 4.79 Å². The van der Waals surface area contributed by atoms with Crippen LogP contribution in [0, 0.1) is 0 Å². The van der Waals surface area contributed by atoms with Gasteiger partial charge in [0.2, 0.25) is 5.91 Å². The average molecular weight is 190 g/mol. The maximum atomic E-state index is 11.4. The molecule has 1 saturated carbocycles. The van der Waals surface area contributed by atoms with Gasteiger partial charge in [-0.15, -0.1) is 0 Å². The SMILES string of the molecule is NC1CC1NC(=O)Cc1ccccc1. The lowest BCUT2D eigenvalue weighted by atomic mass is 10.1. The molecule has 1 aliphatic rings. The van der Waals surface area contributed by atoms with Gasteiger partial charge < -0.3 is 11.1 Å². The number of rotatable bonds is 3. The normalized spacial score (nSPS) is 24.4. The molecular weight excluding hydrogens is 176 g/mol. The van der Waals surface area contributed by atoms with E-state index in [2.05, 4.69) is 5.32 Å². The molecule has 2 atom stereocenters. The molecule has 0 bridgehead atoms. The van der Waals surface area contributed by atoms with E-state index in [1.54, 1.807) is 0 Å². The lowest BCUT2D eigenvalue weighted by molar-refractivity contribution is -0.120. The molecule has 3 nitrogen and oxygen atoms in total. The van der Waals surface area contributed by atoms with Gasteiger partial charge in [0, 0.05) is 12.1 Å². The van der Waals surface area contributed by atoms with Gasteiger partial charge >= 0.3 is 0 Å². The van der Waals surface area contributed by atoms with Crippen LogP contribution in [-0.4, -0.2) is 18.0 Å². The summed E-state index contributed by atoms with van der Waals surface area (Å²) in [5.74, 6) is 0.0640. The highest BCUT2D eigenvalue weighted by Crippen LogP contribution is 2.17. The van der Waals surface area contributed by atoms with Crippen molar-refractivity contribution in [3.63, 3.8) is 0 Å². The molecule has 1 fully saturated rings. The van der Waals surface area contributed by atoms with Crippen molar-refractivity contribution in [1.82, 2.24) is 5.32 Å². The quantitative estimate of drug-likeness (QED) is 0.727. The molecule has 0 aromatic heterocycles. The average Bonchev–Trinajstić information content (AvgIpc) is 2.83. The Bertz CT molecular complexity index is 323. The van der Waals surface area contributed by atoms with Crippen LogP contribution in [0.3, 0.4) is 0 Å². The van der Waals surface area contributed by atoms with E-state index in [4.69, 9.17) is 5.73 Å². The van der Waals surface area contributed by atoms with E-state index in [9.17, 15) is 4.79 Å².